The van der Waals surface area contributed by atoms with Crippen molar-refractivity contribution >= 4 is 5.97 Å². The van der Waals surface area contributed by atoms with Crippen LogP contribution in [0.2, 0.25) is 0 Å². The van der Waals surface area contributed by atoms with E-state index >= 15 is 0 Å². The minimum absolute atomic E-state index is 0.149. The first-order chi connectivity index (χ1) is 7.16. The Hall–Kier alpha value is -0.570. The summed E-state index contributed by atoms with van der Waals surface area (Å²) < 4.78 is 0. The van der Waals surface area contributed by atoms with Crippen LogP contribution in [0, 0.1) is 0 Å². The Bertz CT molecular complexity index is 157. The summed E-state index contributed by atoms with van der Waals surface area (Å²) in [6.07, 6.45) is 7.92. The highest BCUT2D eigenvalue weighted by Gasteiger charge is 2.03. The number of hydrogen-bond donors (Lipinski definition) is 2. The third kappa shape index (κ3) is 11.4. The molecule has 0 bridgehead atoms. The van der Waals surface area contributed by atoms with Gasteiger partial charge in [-0.2, -0.15) is 0 Å². The summed E-state index contributed by atoms with van der Waals surface area (Å²) in [5, 5.41) is 17.9. The fraction of sp³-hybridized carbons (Fsp3) is 0.917. The lowest BCUT2D eigenvalue weighted by Gasteiger charge is -2.08. The van der Waals surface area contributed by atoms with Crippen molar-refractivity contribution in [2.24, 2.45) is 0 Å². The lowest BCUT2D eigenvalue weighted by molar-refractivity contribution is -0.137. The van der Waals surface area contributed by atoms with Gasteiger partial charge in [-0.3, -0.25) is 4.79 Å². The van der Waals surface area contributed by atoms with Crippen LogP contribution >= 0.6 is 0 Å². The molecule has 0 aromatic rings. The molecule has 0 aliphatic heterocycles. The Kier molecular flexibility index (Phi) is 9.59. The first kappa shape index (κ1) is 14.4. The molecule has 0 aromatic heterocycles. The summed E-state index contributed by atoms with van der Waals surface area (Å²) >= 11 is 0. The minimum Gasteiger partial charge on any atom is -0.481 e. The second-order valence-corrected chi connectivity index (χ2v) is 4.14. The van der Waals surface area contributed by atoms with Gasteiger partial charge < -0.3 is 10.2 Å². The van der Waals surface area contributed by atoms with Crippen LogP contribution in [0.15, 0.2) is 0 Å². The average molecular weight is 216 g/mol. The van der Waals surface area contributed by atoms with Crippen molar-refractivity contribution in [1.82, 2.24) is 0 Å². The highest BCUT2D eigenvalue weighted by atomic mass is 16.4. The summed E-state index contributed by atoms with van der Waals surface area (Å²) in [6, 6.07) is 0. The normalized spacial score (nSPS) is 12.7. The SMILES string of the molecule is CCCC[C@@H](O)CCCCCCC(=O)O. The van der Waals surface area contributed by atoms with E-state index < -0.39 is 5.97 Å². The van der Waals surface area contributed by atoms with Gasteiger partial charge in [-0.05, 0) is 19.3 Å². The van der Waals surface area contributed by atoms with Crippen LogP contribution < -0.4 is 0 Å². The molecule has 0 aromatic carbocycles. The summed E-state index contributed by atoms with van der Waals surface area (Å²) in [4.78, 5) is 10.2. The molecular formula is C12H24O3. The molecule has 2 N–H and O–H groups in total. The molecule has 0 aliphatic carbocycles. The zero-order valence-electron chi connectivity index (χ0n) is 9.74. The van der Waals surface area contributed by atoms with Gasteiger partial charge in [-0.1, -0.05) is 39.0 Å². The van der Waals surface area contributed by atoms with Crippen molar-refractivity contribution in [3.05, 3.63) is 0 Å². The van der Waals surface area contributed by atoms with Crippen LogP contribution in [0.4, 0.5) is 0 Å². The molecule has 0 rings (SSSR count). The van der Waals surface area contributed by atoms with Crippen molar-refractivity contribution in [1.29, 1.82) is 0 Å². The van der Waals surface area contributed by atoms with E-state index in [0.717, 1.165) is 51.4 Å². The van der Waals surface area contributed by atoms with Crippen LogP contribution in [0.25, 0.3) is 0 Å². The third-order valence-corrected chi connectivity index (χ3v) is 2.57. The monoisotopic (exact) mass is 216 g/mol. The second-order valence-electron chi connectivity index (χ2n) is 4.14. The molecule has 3 heteroatoms. The Labute approximate surface area is 92.5 Å². The zero-order chi connectivity index (χ0) is 11.5. The molecule has 90 valence electrons. The molecular weight excluding hydrogens is 192 g/mol. The maximum Gasteiger partial charge on any atom is 0.303 e. The van der Waals surface area contributed by atoms with Crippen molar-refractivity contribution < 1.29 is 15.0 Å². The van der Waals surface area contributed by atoms with Gasteiger partial charge in [0.1, 0.15) is 0 Å². The van der Waals surface area contributed by atoms with Gasteiger partial charge in [0.2, 0.25) is 0 Å². The fourth-order valence-corrected chi connectivity index (χ4v) is 1.59. The number of aliphatic carboxylic acids is 1. The summed E-state index contributed by atoms with van der Waals surface area (Å²) in [7, 11) is 0. The van der Waals surface area contributed by atoms with Gasteiger partial charge in [-0.25, -0.2) is 0 Å². The van der Waals surface area contributed by atoms with Crippen LogP contribution in [0.1, 0.15) is 64.7 Å². The van der Waals surface area contributed by atoms with E-state index in [0.29, 0.717) is 0 Å². The van der Waals surface area contributed by atoms with Crippen molar-refractivity contribution in [3.63, 3.8) is 0 Å². The molecule has 0 fully saturated rings. The van der Waals surface area contributed by atoms with Crippen LogP contribution in [-0.4, -0.2) is 22.3 Å². The third-order valence-electron chi connectivity index (χ3n) is 2.57. The molecule has 0 heterocycles. The lowest BCUT2D eigenvalue weighted by atomic mass is 10.0. The van der Waals surface area contributed by atoms with Gasteiger partial charge in [0, 0.05) is 6.42 Å². The van der Waals surface area contributed by atoms with E-state index in [-0.39, 0.29) is 12.5 Å². The lowest BCUT2D eigenvalue weighted by Crippen LogP contribution is -2.05. The highest BCUT2D eigenvalue weighted by molar-refractivity contribution is 5.66. The molecule has 1 atom stereocenters. The topological polar surface area (TPSA) is 57.5 Å². The number of aliphatic hydroxyl groups is 1. The summed E-state index contributed by atoms with van der Waals surface area (Å²) in [5.74, 6) is -0.710. The van der Waals surface area contributed by atoms with Crippen molar-refractivity contribution in [2.45, 2.75) is 70.8 Å². The molecule has 0 aliphatic rings. The predicted octanol–water partition coefficient (Wildman–Crippen LogP) is 2.96. The van der Waals surface area contributed by atoms with Gasteiger partial charge in [0.15, 0.2) is 0 Å². The minimum atomic E-state index is -0.710. The fourth-order valence-electron chi connectivity index (χ4n) is 1.59. The predicted molar refractivity (Wildman–Crippen MR) is 60.9 cm³/mol. The average Bonchev–Trinajstić information content (AvgIpc) is 2.19. The molecule has 0 saturated carbocycles. The van der Waals surface area contributed by atoms with E-state index in [1.807, 2.05) is 0 Å². The maximum absolute atomic E-state index is 10.2. The zero-order valence-corrected chi connectivity index (χ0v) is 9.74. The van der Waals surface area contributed by atoms with E-state index in [1.54, 1.807) is 0 Å². The molecule has 15 heavy (non-hydrogen) atoms. The maximum atomic E-state index is 10.2. The molecule has 0 spiro atoms. The Morgan fingerprint density at radius 1 is 1.07 bits per heavy atom. The van der Waals surface area contributed by atoms with Crippen LogP contribution in [0.5, 0.6) is 0 Å². The molecule has 0 unspecified atom stereocenters. The standard InChI is InChI=1S/C12H24O3/c1-2-3-8-11(13)9-6-4-5-7-10-12(14)15/h11,13H,2-10H2,1H3,(H,14,15)/t11-/m1/s1. The second kappa shape index (κ2) is 9.97. The van der Waals surface area contributed by atoms with Gasteiger partial charge in [-0.15, -0.1) is 0 Å². The number of carboxylic acid groups (broad SMARTS) is 1. The number of aliphatic hydroxyl groups excluding tert-OH is 1. The van der Waals surface area contributed by atoms with Crippen molar-refractivity contribution in [2.75, 3.05) is 0 Å². The van der Waals surface area contributed by atoms with Crippen LogP contribution in [0.3, 0.4) is 0 Å². The first-order valence-corrected chi connectivity index (χ1v) is 6.06. The Balaban J connectivity index is 3.12. The van der Waals surface area contributed by atoms with Crippen molar-refractivity contribution in [3.8, 4) is 0 Å². The number of hydrogen-bond acceptors (Lipinski definition) is 2. The molecule has 3 nitrogen and oxygen atoms in total. The van der Waals surface area contributed by atoms with Gasteiger partial charge in [0.05, 0.1) is 6.10 Å². The first-order valence-electron chi connectivity index (χ1n) is 6.06. The molecule has 0 saturated heterocycles. The smallest absolute Gasteiger partial charge is 0.303 e. The van der Waals surface area contributed by atoms with E-state index in [2.05, 4.69) is 6.92 Å². The van der Waals surface area contributed by atoms with Crippen LogP contribution in [-0.2, 0) is 4.79 Å². The van der Waals surface area contributed by atoms with E-state index in [1.165, 1.54) is 0 Å². The highest BCUT2D eigenvalue weighted by Crippen LogP contribution is 2.11. The van der Waals surface area contributed by atoms with E-state index in [9.17, 15) is 9.90 Å². The summed E-state index contributed by atoms with van der Waals surface area (Å²) in [6.45, 7) is 2.12. The van der Waals surface area contributed by atoms with Gasteiger partial charge in [0.25, 0.3) is 0 Å². The number of carbonyl (C=O) groups is 1. The largest absolute Gasteiger partial charge is 0.481 e. The Morgan fingerprint density at radius 2 is 1.67 bits per heavy atom. The summed E-state index contributed by atoms with van der Waals surface area (Å²) in [5.41, 5.74) is 0. The quantitative estimate of drug-likeness (QED) is 0.552. The number of unbranched alkanes of at least 4 members (excludes halogenated alkanes) is 4. The van der Waals surface area contributed by atoms with E-state index in [4.69, 9.17) is 5.11 Å². The number of carboxylic acids is 1. The number of rotatable bonds is 10. The molecule has 0 radical (unpaired) electrons. The molecule has 0 amide bonds. The Morgan fingerprint density at radius 3 is 2.27 bits per heavy atom. The van der Waals surface area contributed by atoms with Gasteiger partial charge >= 0.3 is 5.97 Å².